The lowest BCUT2D eigenvalue weighted by atomic mass is 9.88. The summed E-state index contributed by atoms with van der Waals surface area (Å²) in [6.07, 6.45) is 3.18. The van der Waals surface area contributed by atoms with E-state index in [0.29, 0.717) is 18.1 Å². The molecule has 1 heterocycles. The van der Waals surface area contributed by atoms with Gasteiger partial charge in [0.15, 0.2) is 0 Å². The van der Waals surface area contributed by atoms with E-state index in [2.05, 4.69) is 5.32 Å². The maximum Gasteiger partial charge on any atom is 0.128 e. The number of halogens is 1. The lowest BCUT2D eigenvalue weighted by Gasteiger charge is -2.28. The van der Waals surface area contributed by atoms with Gasteiger partial charge in [-0.05, 0) is 31.4 Å². The number of nitrogens with two attached hydrogens (primary N) is 1. The number of nitrogens with zero attached hydrogens (tertiary/aromatic N) is 1. The molecule has 3 rings (SSSR count). The Kier molecular flexibility index (Phi) is 2.81. The zero-order chi connectivity index (χ0) is 11.8. The van der Waals surface area contributed by atoms with Crippen LogP contribution in [0.15, 0.2) is 29.3 Å². The van der Waals surface area contributed by atoms with Crippen molar-refractivity contribution in [2.45, 2.75) is 37.4 Å². The first-order chi connectivity index (χ1) is 8.22. The molecule has 1 aliphatic heterocycles. The van der Waals surface area contributed by atoms with E-state index in [1.165, 1.54) is 0 Å². The molecular weight excluding hydrogens is 234 g/mol. The van der Waals surface area contributed by atoms with Crippen molar-refractivity contribution in [1.82, 2.24) is 5.32 Å². The lowest BCUT2D eigenvalue weighted by Crippen LogP contribution is -2.44. The summed E-state index contributed by atoms with van der Waals surface area (Å²) in [5.41, 5.74) is 7.06. The molecule has 1 saturated carbocycles. The summed E-state index contributed by atoms with van der Waals surface area (Å²) in [5.74, 6) is 0.969. The zero-order valence-electron chi connectivity index (χ0n) is 9.57. The van der Waals surface area contributed by atoms with Crippen molar-refractivity contribution < 1.29 is 0 Å². The molecule has 1 aliphatic carbocycles. The third-order valence-electron chi connectivity index (χ3n) is 3.57. The molecule has 3 N–H and O–H groups in total. The summed E-state index contributed by atoms with van der Waals surface area (Å²) in [6.45, 7) is 0. The highest BCUT2D eigenvalue weighted by Gasteiger charge is 2.34. The van der Waals surface area contributed by atoms with Crippen LogP contribution in [-0.4, -0.2) is 24.0 Å². The lowest BCUT2D eigenvalue weighted by molar-refractivity contribution is 0.347. The number of rotatable bonds is 1. The van der Waals surface area contributed by atoms with Crippen molar-refractivity contribution in [3.8, 4) is 0 Å². The third-order valence-corrected chi connectivity index (χ3v) is 3.80. The van der Waals surface area contributed by atoms with E-state index in [4.69, 9.17) is 22.3 Å². The summed E-state index contributed by atoms with van der Waals surface area (Å²) in [7, 11) is 0. The Morgan fingerprint density at radius 3 is 3.06 bits per heavy atom. The fraction of sp³-hybridized carbons (Fsp3) is 0.462. The number of hydrogen-bond donors (Lipinski definition) is 2. The molecule has 0 radical (unpaired) electrons. The molecule has 0 bridgehead atoms. The van der Waals surface area contributed by atoms with E-state index in [-0.39, 0.29) is 0 Å². The first-order valence-corrected chi connectivity index (χ1v) is 6.46. The highest BCUT2D eigenvalue weighted by atomic mass is 35.5. The molecule has 4 heteroatoms. The van der Waals surface area contributed by atoms with Crippen LogP contribution in [0.4, 0.5) is 0 Å². The molecule has 0 saturated heterocycles. The normalized spacial score (nSPS) is 31.6. The first-order valence-electron chi connectivity index (χ1n) is 6.08. The molecular formula is C13H16ClN3. The van der Waals surface area contributed by atoms with Crippen molar-refractivity contribution in [3.63, 3.8) is 0 Å². The van der Waals surface area contributed by atoms with Gasteiger partial charge in [0.25, 0.3) is 0 Å². The molecule has 0 aromatic heterocycles. The van der Waals surface area contributed by atoms with Crippen LogP contribution in [0.2, 0.25) is 5.02 Å². The Labute approximate surface area is 106 Å². The van der Waals surface area contributed by atoms with E-state index in [9.17, 15) is 0 Å². The maximum absolute atomic E-state index is 6.00. The van der Waals surface area contributed by atoms with Crippen LogP contribution < -0.4 is 11.1 Å². The van der Waals surface area contributed by atoms with Gasteiger partial charge in [0.05, 0.1) is 12.1 Å². The van der Waals surface area contributed by atoms with Gasteiger partial charge in [0, 0.05) is 16.6 Å². The average molecular weight is 250 g/mol. The predicted octanol–water partition coefficient (Wildman–Crippen LogP) is 1.94. The second kappa shape index (κ2) is 4.31. The first kappa shape index (κ1) is 11.1. The zero-order valence-corrected chi connectivity index (χ0v) is 10.3. The summed E-state index contributed by atoms with van der Waals surface area (Å²) < 4.78 is 0. The summed E-state index contributed by atoms with van der Waals surface area (Å²) >= 11 is 6.00. The highest BCUT2D eigenvalue weighted by Crippen LogP contribution is 2.26. The Morgan fingerprint density at radius 1 is 1.35 bits per heavy atom. The van der Waals surface area contributed by atoms with Crippen LogP contribution in [-0.2, 0) is 0 Å². The Morgan fingerprint density at radius 2 is 2.24 bits per heavy atom. The van der Waals surface area contributed by atoms with Gasteiger partial charge in [0.2, 0.25) is 0 Å². The molecule has 1 aromatic rings. The van der Waals surface area contributed by atoms with Crippen LogP contribution in [0.1, 0.15) is 24.8 Å². The molecule has 3 atom stereocenters. The molecule has 0 spiro atoms. The fourth-order valence-corrected chi connectivity index (χ4v) is 2.86. The minimum Gasteiger partial charge on any atom is -0.365 e. The second-order valence-corrected chi connectivity index (χ2v) is 5.32. The van der Waals surface area contributed by atoms with E-state index in [1.54, 1.807) is 0 Å². The monoisotopic (exact) mass is 249 g/mol. The van der Waals surface area contributed by atoms with Crippen molar-refractivity contribution in [3.05, 3.63) is 34.9 Å². The Bertz CT molecular complexity index is 458. The van der Waals surface area contributed by atoms with Crippen LogP contribution in [0.25, 0.3) is 0 Å². The summed E-state index contributed by atoms with van der Waals surface area (Å²) in [5, 5.41) is 4.23. The van der Waals surface area contributed by atoms with Crippen molar-refractivity contribution in [1.29, 1.82) is 0 Å². The van der Waals surface area contributed by atoms with Crippen molar-refractivity contribution >= 4 is 17.4 Å². The predicted molar refractivity (Wildman–Crippen MR) is 70.5 cm³/mol. The molecule has 3 nitrogen and oxygen atoms in total. The number of amidine groups is 1. The molecule has 0 amide bonds. The topological polar surface area (TPSA) is 50.4 Å². The number of fused-ring (bicyclic) bond motifs is 1. The van der Waals surface area contributed by atoms with Gasteiger partial charge in [-0.2, -0.15) is 0 Å². The van der Waals surface area contributed by atoms with Gasteiger partial charge >= 0.3 is 0 Å². The average Bonchev–Trinajstić information content (AvgIpc) is 2.72. The highest BCUT2D eigenvalue weighted by molar-refractivity contribution is 6.31. The molecule has 3 unspecified atom stereocenters. The van der Waals surface area contributed by atoms with Crippen molar-refractivity contribution in [2.24, 2.45) is 10.7 Å². The van der Waals surface area contributed by atoms with E-state index in [0.717, 1.165) is 35.7 Å². The number of hydrogen-bond acceptors (Lipinski definition) is 3. The number of nitrogens with one attached hydrogen (secondary N) is 1. The standard InChI is InChI=1S/C13H16ClN3/c14-9-3-1-2-8(6-9)13-16-11-5-4-10(15)7-12(11)17-13/h1-3,6,10-12H,4-5,7,15H2,(H,16,17). The van der Waals surface area contributed by atoms with E-state index >= 15 is 0 Å². The van der Waals surface area contributed by atoms with Crippen molar-refractivity contribution in [2.75, 3.05) is 0 Å². The van der Waals surface area contributed by atoms with Gasteiger partial charge < -0.3 is 11.1 Å². The van der Waals surface area contributed by atoms with E-state index in [1.807, 2.05) is 24.3 Å². The van der Waals surface area contributed by atoms with Gasteiger partial charge in [-0.15, -0.1) is 0 Å². The van der Waals surface area contributed by atoms with Crippen LogP contribution in [0, 0.1) is 0 Å². The fourth-order valence-electron chi connectivity index (χ4n) is 2.67. The molecule has 2 aliphatic rings. The number of benzene rings is 1. The van der Waals surface area contributed by atoms with Crippen LogP contribution >= 0.6 is 11.6 Å². The Balaban J connectivity index is 1.82. The number of aliphatic imine (C=N–C) groups is 1. The van der Waals surface area contributed by atoms with Crippen LogP contribution in [0.3, 0.4) is 0 Å². The largest absolute Gasteiger partial charge is 0.365 e. The van der Waals surface area contributed by atoms with Crippen LogP contribution in [0.5, 0.6) is 0 Å². The third kappa shape index (κ3) is 2.17. The Hall–Kier alpha value is -1.06. The molecule has 1 aromatic carbocycles. The quantitative estimate of drug-likeness (QED) is 0.799. The van der Waals surface area contributed by atoms with Gasteiger partial charge in [-0.25, -0.2) is 0 Å². The smallest absolute Gasteiger partial charge is 0.128 e. The summed E-state index contributed by atoms with van der Waals surface area (Å²) in [6, 6.07) is 8.94. The minimum absolute atomic E-state index is 0.317. The van der Waals surface area contributed by atoms with E-state index < -0.39 is 0 Å². The SMILES string of the molecule is NC1CCC2N=C(c3cccc(Cl)c3)NC2C1. The maximum atomic E-state index is 6.00. The van der Waals surface area contributed by atoms with Gasteiger partial charge in [-0.1, -0.05) is 23.7 Å². The summed E-state index contributed by atoms with van der Waals surface area (Å²) in [4.78, 5) is 4.75. The van der Waals surface area contributed by atoms with Gasteiger partial charge in [0.1, 0.15) is 5.84 Å². The second-order valence-electron chi connectivity index (χ2n) is 4.88. The molecule has 90 valence electrons. The molecule has 17 heavy (non-hydrogen) atoms. The van der Waals surface area contributed by atoms with Gasteiger partial charge in [-0.3, -0.25) is 4.99 Å². The molecule has 1 fully saturated rings. The minimum atomic E-state index is 0.317.